The Labute approximate surface area is 67.2 Å². The Kier molecular flexibility index (Phi) is 2.64. The van der Waals surface area contributed by atoms with Crippen molar-refractivity contribution in [2.24, 2.45) is 11.8 Å². The van der Waals surface area contributed by atoms with E-state index in [0.29, 0.717) is 0 Å². The number of hydrogen-bond acceptors (Lipinski definition) is 2. The molecule has 1 atom stereocenters. The lowest BCUT2D eigenvalue weighted by Gasteiger charge is -2.03. The summed E-state index contributed by atoms with van der Waals surface area (Å²) in [6.45, 7) is 2.00. The number of Topliss-reactive ketones (excluding diaryl/α,β-unsaturated/α-hetero) is 1. The number of nitrogens with zero attached hydrogens (tertiary/aromatic N) is 1. The van der Waals surface area contributed by atoms with Crippen LogP contribution in [0.3, 0.4) is 0 Å². The van der Waals surface area contributed by atoms with Gasteiger partial charge in [-0.1, -0.05) is 13.3 Å². The summed E-state index contributed by atoms with van der Waals surface area (Å²) in [6.07, 6.45) is 3.70. The second-order valence-corrected chi connectivity index (χ2v) is 3.15. The Bertz CT molecular complexity index is 188. The van der Waals surface area contributed by atoms with E-state index < -0.39 is 0 Å². The van der Waals surface area contributed by atoms with Gasteiger partial charge in [-0.2, -0.15) is 5.26 Å². The van der Waals surface area contributed by atoms with Gasteiger partial charge in [0.25, 0.3) is 0 Å². The minimum Gasteiger partial charge on any atom is -0.298 e. The van der Waals surface area contributed by atoms with Gasteiger partial charge in [-0.15, -0.1) is 0 Å². The summed E-state index contributed by atoms with van der Waals surface area (Å²) in [4.78, 5) is 11.3. The largest absolute Gasteiger partial charge is 0.298 e. The van der Waals surface area contributed by atoms with E-state index in [0.717, 1.165) is 25.7 Å². The van der Waals surface area contributed by atoms with E-state index in [9.17, 15) is 4.79 Å². The highest BCUT2D eigenvalue weighted by Gasteiger charge is 2.34. The summed E-state index contributed by atoms with van der Waals surface area (Å²) in [5.41, 5.74) is 0. The molecular weight excluding hydrogens is 138 g/mol. The van der Waals surface area contributed by atoms with E-state index in [2.05, 4.69) is 6.07 Å². The molecule has 0 aromatic heterocycles. The highest BCUT2D eigenvalue weighted by Crippen LogP contribution is 2.33. The highest BCUT2D eigenvalue weighted by molar-refractivity contribution is 5.87. The topological polar surface area (TPSA) is 40.9 Å². The molecule has 0 aromatic rings. The first-order chi connectivity index (χ1) is 5.29. The maximum Gasteiger partial charge on any atom is 0.153 e. The quantitative estimate of drug-likeness (QED) is 0.615. The van der Waals surface area contributed by atoms with Crippen LogP contribution in [0, 0.1) is 23.2 Å². The van der Waals surface area contributed by atoms with E-state index in [-0.39, 0.29) is 17.6 Å². The molecule has 60 valence electrons. The zero-order valence-electron chi connectivity index (χ0n) is 6.84. The molecular formula is C9H13NO. The van der Waals surface area contributed by atoms with Crippen LogP contribution < -0.4 is 0 Å². The molecule has 2 heteroatoms. The number of carbonyl (C=O) groups excluding carboxylic acids is 1. The third-order valence-corrected chi connectivity index (χ3v) is 2.06. The van der Waals surface area contributed by atoms with E-state index in [1.165, 1.54) is 0 Å². The Hall–Kier alpha value is -0.840. The van der Waals surface area contributed by atoms with Crippen LogP contribution in [0.5, 0.6) is 0 Å². The number of hydrogen-bond donors (Lipinski definition) is 0. The van der Waals surface area contributed by atoms with Crippen molar-refractivity contribution < 1.29 is 4.79 Å². The van der Waals surface area contributed by atoms with Crippen molar-refractivity contribution in [1.82, 2.24) is 0 Å². The second-order valence-electron chi connectivity index (χ2n) is 3.15. The van der Waals surface area contributed by atoms with E-state index in [4.69, 9.17) is 5.26 Å². The molecule has 0 radical (unpaired) electrons. The molecule has 1 fully saturated rings. The Morgan fingerprint density at radius 2 is 2.36 bits per heavy atom. The van der Waals surface area contributed by atoms with Crippen molar-refractivity contribution in [2.45, 2.75) is 32.6 Å². The van der Waals surface area contributed by atoms with Crippen molar-refractivity contribution in [1.29, 1.82) is 5.26 Å². The lowest BCUT2D eigenvalue weighted by Crippen LogP contribution is -2.13. The number of carbonyl (C=O) groups is 1. The molecule has 1 rings (SSSR count). The molecule has 0 spiro atoms. The van der Waals surface area contributed by atoms with Gasteiger partial charge in [-0.3, -0.25) is 4.79 Å². The van der Waals surface area contributed by atoms with E-state index in [1.807, 2.05) is 6.92 Å². The van der Waals surface area contributed by atoms with Gasteiger partial charge in [0.15, 0.2) is 5.78 Å². The monoisotopic (exact) mass is 151 g/mol. The predicted molar refractivity (Wildman–Crippen MR) is 41.7 cm³/mol. The summed E-state index contributed by atoms with van der Waals surface area (Å²) < 4.78 is 0. The van der Waals surface area contributed by atoms with Crippen LogP contribution in [0.2, 0.25) is 0 Å². The number of nitriles is 1. The molecule has 0 aromatic carbocycles. The van der Waals surface area contributed by atoms with Crippen LogP contribution in [0.15, 0.2) is 0 Å². The van der Waals surface area contributed by atoms with Gasteiger partial charge in [0.1, 0.15) is 5.92 Å². The SMILES string of the molecule is CCCC(C#N)C(=O)C1CC1. The van der Waals surface area contributed by atoms with Crippen LogP contribution in [-0.4, -0.2) is 5.78 Å². The molecule has 1 unspecified atom stereocenters. The first-order valence-corrected chi connectivity index (χ1v) is 4.23. The van der Waals surface area contributed by atoms with Crippen molar-refractivity contribution in [3.8, 4) is 6.07 Å². The number of ketones is 1. The highest BCUT2D eigenvalue weighted by atomic mass is 16.1. The van der Waals surface area contributed by atoms with Crippen LogP contribution in [-0.2, 0) is 4.79 Å². The summed E-state index contributed by atoms with van der Waals surface area (Å²) in [5, 5.41) is 8.63. The van der Waals surface area contributed by atoms with Crippen molar-refractivity contribution in [3.05, 3.63) is 0 Å². The van der Waals surface area contributed by atoms with Crippen LogP contribution in [0.25, 0.3) is 0 Å². The third-order valence-electron chi connectivity index (χ3n) is 2.06. The molecule has 11 heavy (non-hydrogen) atoms. The molecule has 0 bridgehead atoms. The lowest BCUT2D eigenvalue weighted by atomic mass is 9.97. The Morgan fingerprint density at radius 3 is 2.73 bits per heavy atom. The van der Waals surface area contributed by atoms with Crippen molar-refractivity contribution in [3.63, 3.8) is 0 Å². The van der Waals surface area contributed by atoms with Gasteiger partial charge >= 0.3 is 0 Å². The predicted octanol–water partition coefficient (Wildman–Crippen LogP) is 1.91. The fourth-order valence-electron chi connectivity index (χ4n) is 1.21. The van der Waals surface area contributed by atoms with E-state index >= 15 is 0 Å². The zero-order valence-corrected chi connectivity index (χ0v) is 6.84. The molecule has 1 aliphatic carbocycles. The fraction of sp³-hybridized carbons (Fsp3) is 0.778. The minimum atomic E-state index is -0.313. The summed E-state index contributed by atoms with van der Waals surface area (Å²) in [6, 6.07) is 2.07. The molecule has 2 nitrogen and oxygen atoms in total. The second kappa shape index (κ2) is 3.52. The van der Waals surface area contributed by atoms with Crippen molar-refractivity contribution >= 4 is 5.78 Å². The zero-order chi connectivity index (χ0) is 8.27. The molecule has 0 saturated heterocycles. The maximum atomic E-state index is 11.3. The van der Waals surface area contributed by atoms with Gasteiger partial charge in [-0.05, 0) is 19.3 Å². The average molecular weight is 151 g/mol. The van der Waals surface area contributed by atoms with Crippen molar-refractivity contribution in [2.75, 3.05) is 0 Å². The van der Waals surface area contributed by atoms with Crippen LogP contribution in [0.1, 0.15) is 32.6 Å². The minimum absolute atomic E-state index is 0.189. The Morgan fingerprint density at radius 1 is 1.73 bits per heavy atom. The van der Waals surface area contributed by atoms with Gasteiger partial charge in [0.2, 0.25) is 0 Å². The first kappa shape index (κ1) is 8.26. The van der Waals surface area contributed by atoms with Gasteiger partial charge in [-0.25, -0.2) is 0 Å². The first-order valence-electron chi connectivity index (χ1n) is 4.23. The Balaban J connectivity index is 2.41. The van der Waals surface area contributed by atoms with Gasteiger partial charge in [0, 0.05) is 5.92 Å². The molecule has 1 saturated carbocycles. The summed E-state index contributed by atoms with van der Waals surface area (Å²) in [5.74, 6) is 0.119. The van der Waals surface area contributed by atoms with Crippen LogP contribution in [0.4, 0.5) is 0 Å². The molecule has 0 aliphatic heterocycles. The normalized spacial score (nSPS) is 18.9. The summed E-state index contributed by atoms with van der Waals surface area (Å²) in [7, 11) is 0. The van der Waals surface area contributed by atoms with Gasteiger partial charge in [0.05, 0.1) is 6.07 Å². The maximum absolute atomic E-state index is 11.3. The third kappa shape index (κ3) is 2.04. The molecule has 0 amide bonds. The molecule has 0 N–H and O–H groups in total. The standard InChI is InChI=1S/C9H13NO/c1-2-3-8(6-10)9(11)7-4-5-7/h7-8H,2-5H2,1H3. The average Bonchev–Trinajstić information content (AvgIpc) is 2.81. The molecule has 1 aliphatic rings. The van der Waals surface area contributed by atoms with E-state index in [1.54, 1.807) is 0 Å². The van der Waals surface area contributed by atoms with Crippen LogP contribution >= 0.6 is 0 Å². The lowest BCUT2D eigenvalue weighted by molar-refractivity contribution is -0.122. The van der Waals surface area contributed by atoms with Gasteiger partial charge < -0.3 is 0 Å². The fourth-order valence-corrected chi connectivity index (χ4v) is 1.21. The smallest absolute Gasteiger partial charge is 0.153 e. The molecule has 0 heterocycles. The number of rotatable bonds is 4. The summed E-state index contributed by atoms with van der Waals surface area (Å²) >= 11 is 0.